The topological polar surface area (TPSA) is 3.24 Å². The second-order valence-electron chi connectivity index (χ2n) is 7.66. The Hall–Kier alpha value is -0.820. The lowest BCUT2D eigenvalue weighted by Gasteiger charge is -2.29. The fourth-order valence-corrected chi connectivity index (χ4v) is 3.63. The highest BCUT2D eigenvalue weighted by atomic mass is 15.1. The Kier molecular flexibility index (Phi) is 13.7. The first-order chi connectivity index (χ1) is 12.3. The molecule has 0 aliphatic heterocycles. The van der Waals surface area contributed by atoms with E-state index >= 15 is 0 Å². The van der Waals surface area contributed by atoms with E-state index in [0.29, 0.717) is 6.04 Å². The monoisotopic (exact) mass is 345 g/mol. The highest BCUT2D eigenvalue weighted by molar-refractivity contribution is 5.18. The van der Waals surface area contributed by atoms with E-state index in [1.54, 1.807) is 0 Å². The third-order valence-corrected chi connectivity index (χ3v) is 5.43. The van der Waals surface area contributed by atoms with Gasteiger partial charge in [0.25, 0.3) is 0 Å². The van der Waals surface area contributed by atoms with Gasteiger partial charge in [-0.25, -0.2) is 0 Å². The maximum atomic E-state index is 2.73. The van der Waals surface area contributed by atoms with Crippen molar-refractivity contribution >= 4 is 0 Å². The number of unbranched alkanes of at least 4 members (excludes halogenated alkanes) is 10. The molecule has 1 aromatic rings. The standard InChI is InChI=1S/C24H43N/c1-4-6-8-10-12-17-21-25(22-18-13-11-9-7-5-2)23(3)24-19-15-14-16-20-24/h14-16,19-20,23H,4-13,17-18,21-22H2,1-3H3. The molecule has 1 unspecified atom stereocenters. The molecule has 0 saturated heterocycles. The van der Waals surface area contributed by atoms with Crippen LogP contribution in [0, 0.1) is 0 Å². The van der Waals surface area contributed by atoms with Gasteiger partial charge in [0, 0.05) is 6.04 Å². The molecule has 0 aliphatic carbocycles. The van der Waals surface area contributed by atoms with Crippen molar-refractivity contribution in [3.63, 3.8) is 0 Å². The van der Waals surface area contributed by atoms with Crippen molar-refractivity contribution in [2.45, 2.75) is 104 Å². The van der Waals surface area contributed by atoms with Crippen LogP contribution in [0.25, 0.3) is 0 Å². The molecule has 1 atom stereocenters. The van der Waals surface area contributed by atoms with E-state index in [1.807, 2.05) is 0 Å². The van der Waals surface area contributed by atoms with E-state index in [2.05, 4.69) is 56.0 Å². The molecule has 1 heteroatoms. The molecule has 0 radical (unpaired) electrons. The van der Waals surface area contributed by atoms with E-state index in [-0.39, 0.29) is 0 Å². The molecule has 0 aliphatic rings. The molecule has 0 N–H and O–H groups in total. The number of benzene rings is 1. The highest BCUT2D eigenvalue weighted by Gasteiger charge is 2.14. The van der Waals surface area contributed by atoms with Gasteiger partial charge >= 0.3 is 0 Å². The van der Waals surface area contributed by atoms with E-state index < -0.39 is 0 Å². The van der Waals surface area contributed by atoms with Crippen molar-refractivity contribution in [3.05, 3.63) is 35.9 Å². The molecule has 144 valence electrons. The van der Waals surface area contributed by atoms with Crippen molar-refractivity contribution in [2.24, 2.45) is 0 Å². The highest BCUT2D eigenvalue weighted by Crippen LogP contribution is 2.22. The largest absolute Gasteiger partial charge is 0.297 e. The quantitative estimate of drug-likeness (QED) is 0.276. The van der Waals surface area contributed by atoms with Crippen LogP contribution in [0.4, 0.5) is 0 Å². The summed E-state index contributed by atoms with van der Waals surface area (Å²) in [6.07, 6.45) is 16.7. The van der Waals surface area contributed by atoms with Gasteiger partial charge in [-0.1, -0.05) is 108 Å². The molecule has 0 fully saturated rings. The van der Waals surface area contributed by atoms with Gasteiger partial charge in [-0.15, -0.1) is 0 Å². The minimum atomic E-state index is 0.549. The SMILES string of the molecule is CCCCCCCCN(CCCCCCCC)C(C)c1ccccc1. The first-order valence-electron chi connectivity index (χ1n) is 11.1. The Morgan fingerprint density at radius 3 is 1.56 bits per heavy atom. The van der Waals surface area contributed by atoms with Crippen molar-refractivity contribution in [1.82, 2.24) is 4.90 Å². The molecule has 0 saturated carbocycles. The van der Waals surface area contributed by atoms with Crippen LogP contribution in [0.2, 0.25) is 0 Å². The average Bonchev–Trinajstić information content (AvgIpc) is 2.65. The van der Waals surface area contributed by atoms with Gasteiger partial charge in [-0.05, 0) is 38.4 Å². The minimum Gasteiger partial charge on any atom is -0.297 e. The zero-order valence-electron chi connectivity index (χ0n) is 17.3. The van der Waals surface area contributed by atoms with Crippen molar-refractivity contribution in [1.29, 1.82) is 0 Å². The van der Waals surface area contributed by atoms with Crippen LogP contribution in [0.1, 0.15) is 109 Å². The molecule has 1 aromatic carbocycles. The molecule has 1 rings (SSSR count). The summed E-state index contributed by atoms with van der Waals surface area (Å²) in [5.41, 5.74) is 1.47. The molecule has 1 nitrogen and oxygen atoms in total. The van der Waals surface area contributed by atoms with Gasteiger partial charge in [-0.2, -0.15) is 0 Å². The Morgan fingerprint density at radius 1 is 0.640 bits per heavy atom. The summed E-state index contributed by atoms with van der Waals surface area (Å²) in [5, 5.41) is 0. The van der Waals surface area contributed by atoms with Crippen molar-refractivity contribution in [2.75, 3.05) is 13.1 Å². The van der Waals surface area contributed by atoms with Crippen LogP contribution in [0.3, 0.4) is 0 Å². The Balaban J connectivity index is 2.37. The maximum absolute atomic E-state index is 2.73. The Bertz CT molecular complexity index is 370. The van der Waals surface area contributed by atoms with Crippen LogP contribution in [-0.4, -0.2) is 18.0 Å². The molecule has 0 aromatic heterocycles. The van der Waals surface area contributed by atoms with E-state index in [0.717, 1.165) is 0 Å². The maximum Gasteiger partial charge on any atom is 0.0319 e. The first kappa shape index (κ1) is 22.2. The number of nitrogens with zero attached hydrogens (tertiary/aromatic N) is 1. The summed E-state index contributed by atoms with van der Waals surface area (Å²) in [5.74, 6) is 0. The summed E-state index contributed by atoms with van der Waals surface area (Å²) in [6.45, 7) is 9.51. The lowest BCUT2D eigenvalue weighted by atomic mass is 10.0. The first-order valence-corrected chi connectivity index (χ1v) is 11.1. The summed E-state index contributed by atoms with van der Waals surface area (Å²) < 4.78 is 0. The van der Waals surface area contributed by atoms with E-state index in [4.69, 9.17) is 0 Å². The Labute approximate surface area is 158 Å². The van der Waals surface area contributed by atoms with Gasteiger partial charge in [0.1, 0.15) is 0 Å². The van der Waals surface area contributed by atoms with Crippen molar-refractivity contribution < 1.29 is 0 Å². The fraction of sp³-hybridized carbons (Fsp3) is 0.750. The normalized spacial score (nSPS) is 12.6. The van der Waals surface area contributed by atoms with Gasteiger partial charge in [-0.3, -0.25) is 4.90 Å². The van der Waals surface area contributed by atoms with Gasteiger partial charge in [0.15, 0.2) is 0 Å². The van der Waals surface area contributed by atoms with Crippen LogP contribution in [0.5, 0.6) is 0 Å². The van der Waals surface area contributed by atoms with Crippen LogP contribution in [-0.2, 0) is 0 Å². The molecule has 0 spiro atoms. The lowest BCUT2D eigenvalue weighted by Crippen LogP contribution is -2.29. The molecule has 0 amide bonds. The lowest BCUT2D eigenvalue weighted by molar-refractivity contribution is 0.201. The minimum absolute atomic E-state index is 0.549. The zero-order chi connectivity index (χ0) is 18.2. The zero-order valence-corrected chi connectivity index (χ0v) is 17.3. The summed E-state index contributed by atoms with van der Waals surface area (Å²) in [4.78, 5) is 2.73. The molecule has 25 heavy (non-hydrogen) atoms. The summed E-state index contributed by atoms with van der Waals surface area (Å²) in [6, 6.07) is 11.6. The van der Waals surface area contributed by atoms with Gasteiger partial charge in [0.05, 0.1) is 0 Å². The number of rotatable bonds is 16. The average molecular weight is 346 g/mol. The van der Waals surface area contributed by atoms with Gasteiger partial charge in [0.2, 0.25) is 0 Å². The molecule has 0 bridgehead atoms. The fourth-order valence-electron chi connectivity index (χ4n) is 3.63. The van der Waals surface area contributed by atoms with E-state index in [9.17, 15) is 0 Å². The second-order valence-corrected chi connectivity index (χ2v) is 7.66. The van der Waals surface area contributed by atoms with Crippen molar-refractivity contribution in [3.8, 4) is 0 Å². The third kappa shape index (κ3) is 10.7. The molecular weight excluding hydrogens is 302 g/mol. The number of hydrogen-bond acceptors (Lipinski definition) is 1. The number of hydrogen-bond donors (Lipinski definition) is 0. The van der Waals surface area contributed by atoms with Crippen LogP contribution >= 0.6 is 0 Å². The molecular formula is C24H43N. The smallest absolute Gasteiger partial charge is 0.0319 e. The second kappa shape index (κ2) is 15.4. The predicted molar refractivity (Wildman–Crippen MR) is 113 cm³/mol. The van der Waals surface area contributed by atoms with Gasteiger partial charge < -0.3 is 0 Å². The third-order valence-electron chi connectivity index (χ3n) is 5.43. The van der Waals surface area contributed by atoms with E-state index in [1.165, 1.54) is 95.7 Å². The Morgan fingerprint density at radius 2 is 1.08 bits per heavy atom. The summed E-state index contributed by atoms with van der Waals surface area (Å²) in [7, 11) is 0. The predicted octanol–water partition coefficient (Wildman–Crippen LogP) is 7.77. The van der Waals surface area contributed by atoms with Crippen LogP contribution in [0.15, 0.2) is 30.3 Å². The summed E-state index contributed by atoms with van der Waals surface area (Å²) >= 11 is 0. The molecule has 0 heterocycles. The van der Waals surface area contributed by atoms with Crippen LogP contribution < -0.4 is 0 Å².